The molecule has 0 spiro atoms. The van der Waals surface area contributed by atoms with E-state index in [1.54, 1.807) is 0 Å². The minimum Gasteiger partial charge on any atom is -0.398 e. The number of hydrogen-bond donors (Lipinski definition) is 12. The molecule has 0 aliphatic carbocycles. The van der Waals surface area contributed by atoms with Crippen LogP contribution in [-0.4, -0.2) is 94.6 Å². The van der Waals surface area contributed by atoms with Crippen molar-refractivity contribution in [3.63, 3.8) is 0 Å². The Morgan fingerprint density at radius 2 is 0.462 bits per heavy atom. The molecule has 0 aromatic heterocycles. The van der Waals surface area contributed by atoms with Crippen LogP contribution in [0.25, 0.3) is 0 Å². The molecule has 14 nitrogen and oxygen atoms in total. The molecular weight excluding hydrogens is 399 g/mol. The molecule has 26 heavy (non-hydrogen) atoms. The van der Waals surface area contributed by atoms with Crippen molar-refractivity contribution in [3.05, 3.63) is 0 Å². The van der Waals surface area contributed by atoms with Gasteiger partial charge in [0.15, 0.2) is 0 Å². The lowest BCUT2D eigenvalue weighted by Gasteiger charge is -1.81. The lowest BCUT2D eigenvalue weighted by atomic mass is 10.3. The topological polar surface area (TPSA) is 273 Å². The average Bonchev–Trinajstić information content (AvgIpc) is 2.36. The van der Waals surface area contributed by atoms with Crippen molar-refractivity contribution in [2.75, 3.05) is 0 Å². The Bertz CT molecular complexity index is 164. The molecule has 156 valence electrons. The van der Waals surface area contributed by atoms with Crippen molar-refractivity contribution >= 4 is 44.4 Å². The molecule has 0 aromatic carbocycles. The predicted octanol–water partition coefficient (Wildman–Crippen LogP) is -6.65. The van der Waals surface area contributed by atoms with Crippen LogP contribution in [0.15, 0.2) is 0 Å². The summed E-state index contributed by atoms with van der Waals surface area (Å²) in [4.78, 5) is 0. The van der Waals surface area contributed by atoms with E-state index in [0.29, 0.717) is 0 Å². The highest BCUT2D eigenvalue weighted by Crippen LogP contribution is 1.67. The Morgan fingerprint density at radius 3 is 0.462 bits per heavy atom. The summed E-state index contributed by atoms with van der Waals surface area (Å²) < 4.78 is 68.0. The molecule has 14 N–H and O–H groups in total. The van der Waals surface area contributed by atoms with Gasteiger partial charge in [0, 0.05) is 0 Å². The Balaban J connectivity index is -0.0000000463. The first-order valence-electron chi connectivity index (χ1n) is 4.83. The van der Waals surface area contributed by atoms with Gasteiger partial charge in [-0.3, -0.25) is 35.4 Å². The van der Waals surface area contributed by atoms with E-state index < -0.39 is 44.4 Å². The van der Waals surface area contributed by atoms with Crippen molar-refractivity contribution in [2.45, 2.75) is 0 Å². The molecular formula is H14B6F6N2O12. The van der Waals surface area contributed by atoms with Crippen LogP contribution in [0.1, 0.15) is 0 Å². The molecule has 0 aromatic rings. The second-order valence-electron chi connectivity index (χ2n) is 2.10. The zero-order valence-corrected chi connectivity index (χ0v) is 12.2. The Morgan fingerprint density at radius 1 is 0.423 bits per heavy atom. The van der Waals surface area contributed by atoms with Crippen LogP contribution in [-0.2, 0) is 9.51 Å². The highest BCUT2D eigenvalue weighted by atomic mass is 19.1. The number of halogens is 6. The van der Waals surface area contributed by atoms with Gasteiger partial charge in [0.25, 0.3) is 0 Å². The van der Waals surface area contributed by atoms with Crippen LogP contribution in [0.2, 0.25) is 0 Å². The average molecular weight is 413 g/mol. The molecule has 0 bridgehead atoms. The van der Waals surface area contributed by atoms with Crippen molar-refractivity contribution in [2.24, 2.45) is 11.8 Å². The first kappa shape index (κ1) is 40.2. The zero-order chi connectivity index (χ0) is 22.9. The van der Waals surface area contributed by atoms with Gasteiger partial charge in [-0.15, -0.1) is 0 Å². The predicted molar refractivity (Wildman–Crippen MR) is 73.9 cm³/mol. The quantitative estimate of drug-likeness (QED) is 0.114. The van der Waals surface area contributed by atoms with E-state index in [1.807, 2.05) is 0 Å². The van der Waals surface area contributed by atoms with Gasteiger partial charge in [-0.1, -0.05) is 0 Å². The minimum absolute atomic E-state index is 2.34. The van der Waals surface area contributed by atoms with Gasteiger partial charge in [0.2, 0.25) is 0 Å². The standard InChI is InChI=1S/2BFH3NO2.4BFH2O2/c2*2-1(4)5-3;4*2-1(3)4/h2*4H,3H2;4*3-4H. The van der Waals surface area contributed by atoms with Crippen molar-refractivity contribution < 1.29 is 85.6 Å². The molecule has 26 heteroatoms. The molecule has 0 aliphatic heterocycles. The van der Waals surface area contributed by atoms with E-state index in [9.17, 15) is 25.9 Å². The van der Waals surface area contributed by atoms with Gasteiger partial charge < -0.3 is 50.2 Å². The van der Waals surface area contributed by atoms with Gasteiger partial charge in [0.1, 0.15) is 0 Å². The largest absolute Gasteiger partial charge is 0.694 e. The Labute approximate surface area is 143 Å². The maximum atomic E-state index is 10.6. The summed E-state index contributed by atoms with van der Waals surface area (Å²) in [5, 5.41) is 70.2. The smallest absolute Gasteiger partial charge is 0.398 e. The van der Waals surface area contributed by atoms with Gasteiger partial charge in [-0.25, -0.2) is 11.8 Å². The molecule has 0 rings (SSSR count). The monoisotopic (exact) mass is 414 g/mol. The minimum atomic E-state index is -2.67. The zero-order valence-electron chi connectivity index (χ0n) is 12.2. The van der Waals surface area contributed by atoms with Crippen LogP contribution >= 0.6 is 0 Å². The maximum Gasteiger partial charge on any atom is 0.694 e. The van der Waals surface area contributed by atoms with Crippen molar-refractivity contribution in [1.29, 1.82) is 0 Å². The maximum absolute atomic E-state index is 10.6. The van der Waals surface area contributed by atoms with Gasteiger partial charge >= 0.3 is 44.4 Å². The summed E-state index contributed by atoms with van der Waals surface area (Å²) in [6.45, 7) is 0. The Hall–Kier alpha value is -0.590. The van der Waals surface area contributed by atoms with E-state index in [4.69, 9.17) is 50.2 Å². The summed E-state index contributed by atoms with van der Waals surface area (Å²) in [6, 6.07) is 0. The number of rotatable bonds is 2. The van der Waals surface area contributed by atoms with Crippen LogP contribution in [0.3, 0.4) is 0 Å². The molecule has 0 radical (unpaired) electrons. The molecule has 0 saturated carbocycles. The van der Waals surface area contributed by atoms with E-state index in [0.717, 1.165) is 0 Å². The van der Waals surface area contributed by atoms with Gasteiger partial charge in [-0.05, 0) is 0 Å². The van der Waals surface area contributed by atoms with Crippen molar-refractivity contribution in [3.8, 4) is 0 Å². The third-order valence-corrected chi connectivity index (χ3v) is 0.225. The SMILES string of the molecule is NOB(O)F.NOB(O)F.OB(O)F.OB(O)F.OB(O)F.OB(O)F. The van der Waals surface area contributed by atoms with Gasteiger partial charge in [-0.2, -0.15) is 0 Å². The normalized spacial score (nSPS) is 7.15. The molecule has 0 aliphatic rings. The Kier molecular flexibility index (Phi) is 54.9. The summed E-state index contributed by atoms with van der Waals surface area (Å²) in [6.07, 6.45) is 0. The van der Waals surface area contributed by atoms with E-state index >= 15 is 0 Å². The summed E-state index contributed by atoms with van der Waals surface area (Å²) in [7, 11) is -15.3. The third kappa shape index (κ3) is 1010. The van der Waals surface area contributed by atoms with E-state index in [1.165, 1.54) is 0 Å². The molecule has 0 heterocycles. The van der Waals surface area contributed by atoms with Crippen LogP contribution in [0.4, 0.5) is 25.9 Å². The lowest BCUT2D eigenvalue weighted by Crippen LogP contribution is -2.15. The van der Waals surface area contributed by atoms with Crippen LogP contribution in [0, 0.1) is 0 Å². The van der Waals surface area contributed by atoms with Crippen LogP contribution < -0.4 is 11.8 Å². The molecule has 0 amide bonds. The van der Waals surface area contributed by atoms with Crippen molar-refractivity contribution in [1.82, 2.24) is 0 Å². The third-order valence-electron chi connectivity index (χ3n) is 0.225. The van der Waals surface area contributed by atoms with Gasteiger partial charge in [0.05, 0.1) is 0 Å². The second kappa shape index (κ2) is 35.5. The lowest BCUT2D eigenvalue weighted by molar-refractivity contribution is 0.226. The van der Waals surface area contributed by atoms with E-state index in [2.05, 4.69) is 21.3 Å². The first-order chi connectivity index (χ1) is 11.5. The summed E-state index contributed by atoms with van der Waals surface area (Å²) in [5.74, 6) is 8.09. The number of nitrogens with two attached hydrogens (primary N) is 2. The second-order valence-corrected chi connectivity index (χ2v) is 2.10. The molecule has 0 unspecified atom stereocenters. The highest BCUT2D eigenvalue weighted by molar-refractivity contribution is 6.33. The highest BCUT2D eigenvalue weighted by Gasteiger charge is 2.06. The molecule has 0 fully saturated rings. The number of hydrogen-bond acceptors (Lipinski definition) is 14. The molecule has 0 atom stereocenters. The fraction of sp³-hybridized carbons (Fsp3) is 0. The fourth-order valence-corrected chi connectivity index (χ4v) is 0. The fourth-order valence-electron chi connectivity index (χ4n) is 0. The first-order valence-corrected chi connectivity index (χ1v) is 4.83. The molecule has 0 saturated heterocycles. The van der Waals surface area contributed by atoms with Crippen LogP contribution in [0.5, 0.6) is 0 Å². The summed E-state index contributed by atoms with van der Waals surface area (Å²) >= 11 is 0. The van der Waals surface area contributed by atoms with E-state index in [-0.39, 0.29) is 0 Å². The summed E-state index contributed by atoms with van der Waals surface area (Å²) in [5.41, 5.74) is 0.